The highest BCUT2D eigenvalue weighted by molar-refractivity contribution is 9.10. The van der Waals surface area contributed by atoms with Crippen molar-refractivity contribution in [2.24, 2.45) is 0 Å². The zero-order valence-electron chi connectivity index (χ0n) is 10.1. The number of amides is 1. The molecule has 0 atom stereocenters. The highest BCUT2D eigenvalue weighted by Crippen LogP contribution is 2.19. The number of nitrogens with zero attached hydrogens (tertiary/aromatic N) is 4. The molecule has 0 fully saturated rings. The number of para-hydroxylation sites is 2. The van der Waals surface area contributed by atoms with E-state index in [1.165, 1.54) is 11.0 Å². The van der Waals surface area contributed by atoms with Gasteiger partial charge in [-0.05, 0) is 44.6 Å². The molecule has 2 N–H and O–H groups in total. The Morgan fingerprint density at radius 1 is 1.35 bits per heavy atom. The summed E-state index contributed by atoms with van der Waals surface area (Å²) in [5, 5.41) is 13.8. The number of aromatic nitrogens is 5. The molecule has 0 spiro atoms. The van der Waals surface area contributed by atoms with Gasteiger partial charge >= 0.3 is 0 Å². The van der Waals surface area contributed by atoms with Crippen LogP contribution in [0, 0.1) is 0 Å². The highest BCUT2D eigenvalue weighted by atomic mass is 79.9. The normalized spacial score (nSPS) is 10.4. The summed E-state index contributed by atoms with van der Waals surface area (Å²) in [7, 11) is 0. The second-order valence-corrected chi connectivity index (χ2v) is 4.87. The lowest BCUT2D eigenvalue weighted by molar-refractivity contribution is 0.102. The molecule has 20 heavy (non-hydrogen) atoms. The number of nitrogens with one attached hydrogen (secondary N) is 2. The van der Waals surface area contributed by atoms with E-state index in [0.717, 1.165) is 4.47 Å². The first-order valence-electron chi connectivity index (χ1n) is 5.72. The molecule has 0 aliphatic heterocycles. The lowest BCUT2D eigenvalue weighted by Crippen LogP contribution is -2.14. The fourth-order valence-corrected chi connectivity index (χ4v) is 2.08. The van der Waals surface area contributed by atoms with Gasteiger partial charge in [0.25, 0.3) is 5.91 Å². The summed E-state index contributed by atoms with van der Waals surface area (Å²) >= 11 is 3.29. The van der Waals surface area contributed by atoms with Crippen molar-refractivity contribution in [3.8, 4) is 5.69 Å². The Bertz CT molecular complexity index is 736. The molecule has 3 rings (SSSR count). The summed E-state index contributed by atoms with van der Waals surface area (Å²) in [6, 6.07) is 8.98. The van der Waals surface area contributed by atoms with Gasteiger partial charge < -0.3 is 10.3 Å². The van der Waals surface area contributed by atoms with E-state index in [-0.39, 0.29) is 5.91 Å². The molecule has 0 radical (unpaired) electrons. The number of halogens is 1. The molecule has 3 aromatic rings. The minimum Gasteiger partial charge on any atom is -0.356 e. The first kappa shape index (κ1) is 12.5. The fraction of sp³-hybridized carbons (Fsp3) is 0. The van der Waals surface area contributed by atoms with Crippen LogP contribution in [0.2, 0.25) is 0 Å². The maximum atomic E-state index is 12.1. The van der Waals surface area contributed by atoms with Crippen molar-refractivity contribution in [3.63, 3.8) is 0 Å². The van der Waals surface area contributed by atoms with Crippen molar-refractivity contribution in [3.05, 3.63) is 53.0 Å². The molecule has 100 valence electrons. The molecule has 0 aliphatic carbocycles. The maximum absolute atomic E-state index is 12.1. The van der Waals surface area contributed by atoms with Crippen molar-refractivity contribution < 1.29 is 4.79 Å². The van der Waals surface area contributed by atoms with E-state index in [9.17, 15) is 4.79 Å². The molecule has 0 saturated heterocycles. The summed E-state index contributed by atoms with van der Waals surface area (Å²) < 4.78 is 2.30. The predicted molar refractivity (Wildman–Crippen MR) is 75.6 cm³/mol. The molecule has 7 nitrogen and oxygen atoms in total. The molecule has 0 bridgehead atoms. The van der Waals surface area contributed by atoms with Gasteiger partial charge in [-0.15, -0.1) is 5.10 Å². The molecule has 0 unspecified atom stereocenters. The number of hydrogen-bond acceptors (Lipinski definition) is 4. The number of tetrazole rings is 1. The van der Waals surface area contributed by atoms with Gasteiger partial charge in [0.15, 0.2) is 0 Å². The fourth-order valence-electron chi connectivity index (χ4n) is 1.74. The Labute approximate surface area is 122 Å². The van der Waals surface area contributed by atoms with Crippen molar-refractivity contribution in [1.29, 1.82) is 0 Å². The van der Waals surface area contributed by atoms with Gasteiger partial charge in [-0.3, -0.25) is 4.79 Å². The lowest BCUT2D eigenvalue weighted by atomic mass is 10.2. The van der Waals surface area contributed by atoms with Gasteiger partial charge in [-0.25, -0.2) is 0 Å². The molecule has 1 amide bonds. The van der Waals surface area contributed by atoms with Crippen molar-refractivity contribution in [2.75, 3.05) is 5.32 Å². The summed E-state index contributed by atoms with van der Waals surface area (Å²) in [5.41, 5.74) is 1.77. The lowest BCUT2D eigenvalue weighted by Gasteiger charge is -2.09. The molecule has 0 aliphatic rings. The van der Waals surface area contributed by atoms with E-state index < -0.39 is 0 Å². The Morgan fingerprint density at radius 2 is 2.20 bits per heavy atom. The van der Waals surface area contributed by atoms with Gasteiger partial charge in [-0.1, -0.05) is 12.1 Å². The number of carbonyl (C=O) groups is 1. The van der Waals surface area contributed by atoms with Crippen LogP contribution in [-0.2, 0) is 0 Å². The zero-order valence-corrected chi connectivity index (χ0v) is 11.7. The van der Waals surface area contributed by atoms with Crippen LogP contribution in [0.4, 0.5) is 5.69 Å². The Morgan fingerprint density at radius 3 is 2.90 bits per heavy atom. The number of aromatic amines is 1. The Kier molecular flexibility index (Phi) is 3.30. The van der Waals surface area contributed by atoms with Crippen LogP contribution in [0.1, 0.15) is 10.5 Å². The van der Waals surface area contributed by atoms with Crippen molar-refractivity contribution in [2.45, 2.75) is 0 Å². The van der Waals surface area contributed by atoms with Crippen LogP contribution >= 0.6 is 15.9 Å². The number of rotatable bonds is 3. The second-order valence-electron chi connectivity index (χ2n) is 3.96. The third kappa shape index (κ3) is 2.45. The maximum Gasteiger partial charge on any atom is 0.272 e. The SMILES string of the molecule is O=C(Nc1ccccc1-n1cnnn1)c1cc(Br)c[nH]1. The molecule has 2 aromatic heterocycles. The van der Waals surface area contributed by atoms with Gasteiger partial charge in [-0.2, -0.15) is 4.68 Å². The summed E-state index contributed by atoms with van der Waals surface area (Å²) in [6.45, 7) is 0. The Hall–Kier alpha value is -2.48. The average molecular weight is 333 g/mol. The standard InChI is InChI=1S/C12H9BrN6O/c13-8-5-10(14-6-8)12(20)16-9-3-1-2-4-11(9)19-7-15-17-18-19/h1-7,14H,(H,16,20). The molecular weight excluding hydrogens is 324 g/mol. The van der Waals surface area contributed by atoms with E-state index in [2.05, 4.69) is 41.8 Å². The number of benzene rings is 1. The zero-order chi connectivity index (χ0) is 13.9. The smallest absolute Gasteiger partial charge is 0.272 e. The quantitative estimate of drug-likeness (QED) is 0.767. The monoisotopic (exact) mass is 332 g/mol. The third-order valence-electron chi connectivity index (χ3n) is 2.64. The van der Waals surface area contributed by atoms with E-state index in [0.29, 0.717) is 17.1 Å². The number of H-pyrrole nitrogens is 1. The van der Waals surface area contributed by atoms with Gasteiger partial charge in [0, 0.05) is 10.7 Å². The van der Waals surface area contributed by atoms with E-state index in [1.54, 1.807) is 18.3 Å². The number of anilines is 1. The van der Waals surface area contributed by atoms with Crippen LogP contribution < -0.4 is 5.32 Å². The topological polar surface area (TPSA) is 88.5 Å². The molecular formula is C12H9BrN6O. The minimum absolute atomic E-state index is 0.240. The van der Waals surface area contributed by atoms with Crippen LogP contribution in [0.15, 0.2) is 47.3 Å². The van der Waals surface area contributed by atoms with Crippen LogP contribution in [-0.4, -0.2) is 31.1 Å². The highest BCUT2D eigenvalue weighted by Gasteiger charge is 2.12. The molecule has 2 heterocycles. The van der Waals surface area contributed by atoms with E-state index >= 15 is 0 Å². The first-order valence-corrected chi connectivity index (χ1v) is 6.51. The summed E-state index contributed by atoms with van der Waals surface area (Å²) in [6.07, 6.45) is 3.17. The molecule has 1 aromatic carbocycles. The van der Waals surface area contributed by atoms with Gasteiger partial charge in [0.05, 0.1) is 11.4 Å². The van der Waals surface area contributed by atoms with E-state index in [1.807, 2.05) is 18.2 Å². The Balaban J connectivity index is 1.90. The summed E-state index contributed by atoms with van der Waals surface area (Å²) in [4.78, 5) is 15.0. The third-order valence-corrected chi connectivity index (χ3v) is 3.10. The number of hydrogen-bond donors (Lipinski definition) is 2. The van der Waals surface area contributed by atoms with Crippen LogP contribution in [0.25, 0.3) is 5.69 Å². The van der Waals surface area contributed by atoms with Crippen LogP contribution in [0.5, 0.6) is 0 Å². The second kappa shape index (κ2) is 5.25. The van der Waals surface area contributed by atoms with Crippen molar-refractivity contribution >= 4 is 27.5 Å². The van der Waals surface area contributed by atoms with Crippen molar-refractivity contribution in [1.82, 2.24) is 25.2 Å². The average Bonchev–Trinajstić information content (AvgIpc) is 3.10. The minimum atomic E-state index is -0.240. The van der Waals surface area contributed by atoms with Crippen LogP contribution in [0.3, 0.4) is 0 Å². The first-order chi connectivity index (χ1) is 9.74. The summed E-state index contributed by atoms with van der Waals surface area (Å²) in [5.74, 6) is -0.240. The van der Waals surface area contributed by atoms with E-state index in [4.69, 9.17) is 0 Å². The largest absolute Gasteiger partial charge is 0.356 e. The van der Waals surface area contributed by atoms with Gasteiger partial charge in [0.2, 0.25) is 0 Å². The molecule has 0 saturated carbocycles. The van der Waals surface area contributed by atoms with Gasteiger partial charge in [0.1, 0.15) is 12.0 Å². The predicted octanol–water partition coefficient (Wildman–Crippen LogP) is 2.01. The molecule has 8 heteroatoms. The number of carbonyl (C=O) groups excluding carboxylic acids is 1.